The van der Waals surface area contributed by atoms with E-state index in [0.29, 0.717) is 10.7 Å². The van der Waals surface area contributed by atoms with E-state index in [1.807, 2.05) is 18.2 Å². The Balaban J connectivity index is 2.13. The Morgan fingerprint density at radius 2 is 2.13 bits per heavy atom. The lowest BCUT2D eigenvalue weighted by Gasteiger charge is -2.01. The fourth-order valence-corrected chi connectivity index (χ4v) is 2.57. The third-order valence-corrected chi connectivity index (χ3v) is 3.93. The van der Waals surface area contributed by atoms with Crippen molar-refractivity contribution in [2.75, 3.05) is 20.3 Å². The van der Waals surface area contributed by atoms with Crippen LogP contribution in [0.2, 0.25) is 5.02 Å². The molecule has 0 bridgehead atoms. The van der Waals surface area contributed by atoms with Gasteiger partial charge in [0.25, 0.3) is 0 Å². The van der Waals surface area contributed by atoms with Gasteiger partial charge in [0.1, 0.15) is 23.3 Å². The summed E-state index contributed by atoms with van der Waals surface area (Å²) in [6.45, 7) is 0.378. The molecule has 118 valence electrons. The number of nitriles is 1. The van der Waals surface area contributed by atoms with Crippen molar-refractivity contribution < 1.29 is 14.3 Å². The maximum atomic E-state index is 11.8. The maximum absolute atomic E-state index is 11.8. The van der Waals surface area contributed by atoms with Crippen molar-refractivity contribution in [1.82, 2.24) is 4.98 Å². The molecule has 0 unspecified atom stereocenters. The van der Waals surface area contributed by atoms with E-state index in [2.05, 4.69) is 4.98 Å². The Morgan fingerprint density at radius 1 is 1.39 bits per heavy atom. The Kier molecular flexibility index (Phi) is 6.29. The molecule has 0 radical (unpaired) electrons. The van der Waals surface area contributed by atoms with Crippen molar-refractivity contribution >= 4 is 35.0 Å². The molecule has 1 heterocycles. The first-order valence-electron chi connectivity index (χ1n) is 6.63. The lowest BCUT2D eigenvalue weighted by molar-refractivity contribution is -0.139. The van der Waals surface area contributed by atoms with Crippen molar-refractivity contribution in [3.8, 4) is 16.6 Å². The summed E-state index contributed by atoms with van der Waals surface area (Å²) in [6.07, 6.45) is 1.41. The van der Waals surface area contributed by atoms with Crippen molar-refractivity contribution in [3.05, 3.63) is 45.9 Å². The molecular formula is C16H13ClN2O3S. The molecule has 0 aliphatic carbocycles. The summed E-state index contributed by atoms with van der Waals surface area (Å²) >= 11 is 7.27. The largest absolute Gasteiger partial charge is 0.459 e. The second kappa shape index (κ2) is 8.44. The molecule has 2 rings (SSSR count). The molecule has 0 amide bonds. The molecule has 1 aromatic carbocycles. The smallest absolute Gasteiger partial charge is 0.349 e. The highest BCUT2D eigenvalue weighted by atomic mass is 35.5. The van der Waals surface area contributed by atoms with Crippen LogP contribution in [0.1, 0.15) is 5.69 Å². The molecule has 5 nitrogen and oxygen atoms in total. The van der Waals surface area contributed by atoms with E-state index in [0.717, 1.165) is 10.6 Å². The van der Waals surface area contributed by atoms with Crippen LogP contribution < -0.4 is 0 Å². The second-order valence-electron chi connectivity index (χ2n) is 4.38. The summed E-state index contributed by atoms with van der Waals surface area (Å²) < 4.78 is 9.70. The van der Waals surface area contributed by atoms with Gasteiger partial charge in [-0.2, -0.15) is 5.26 Å². The van der Waals surface area contributed by atoms with Crippen LogP contribution >= 0.6 is 22.9 Å². The number of hydrogen-bond donors (Lipinski definition) is 0. The standard InChI is InChI=1S/C16H13ClN2O3S/c1-21-6-7-22-16(20)12(9-18)8-14-10-23-15(19-14)11-2-4-13(17)5-3-11/h2-5,8,10H,6-7H2,1H3/b12-8+. The minimum Gasteiger partial charge on any atom is -0.459 e. The predicted molar refractivity (Wildman–Crippen MR) is 89.0 cm³/mol. The number of thiazole rings is 1. The molecule has 1 aromatic heterocycles. The van der Waals surface area contributed by atoms with E-state index in [1.54, 1.807) is 17.5 Å². The molecule has 0 fully saturated rings. The number of rotatable bonds is 6. The van der Waals surface area contributed by atoms with Gasteiger partial charge in [-0.25, -0.2) is 9.78 Å². The summed E-state index contributed by atoms with van der Waals surface area (Å²) in [4.78, 5) is 16.2. The van der Waals surface area contributed by atoms with Crippen molar-refractivity contribution in [3.63, 3.8) is 0 Å². The average molecular weight is 349 g/mol. The molecule has 0 N–H and O–H groups in total. The Hall–Kier alpha value is -2.20. The van der Waals surface area contributed by atoms with E-state index in [9.17, 15) is 4.79 Å². The van der Waals surface area contributed by atoms with Crippen LogP contribution in [-0.4, -0.2) is 31.3 Å². The van der Waals surface area contributed by atoms with Gasteiger partial charge in [-0.3, -0.25) is 0 Å². The third kappa shape index (κ3) is 4.89. The number of carbonyl (C=O) groups excluding carboxylic acids is 1. The van der Waals surface area contributed by atoms with Crippen LogP contribution in [0.4, 0.5) is 0 Å². The zero-order chi connectivity index (χ0) is 16.7. The first kappa shape index (κ1) is 17.2. The SMILES string of the molecule is COCCOC(=O)/C(C#N)=C/c1csc(-c2ccc(Cl)cc2)n1. The van der Waals surface area contributed by atoms with Gasteiger partial charge in [0, 0.05) is 23.1 Å². The van der Waals surface area contributed by atoms with Crippen LogP contribution in [0.25, 0.3) is 16.6 Å². The molecule has 0 saturated carbocycles. The third-order valence-electron chi connectivity index (χ3n) is 2.77. The van der Waals surface area contributed by atoms with Gasteiger partial charge in [0.05, 0.1) is 12.3 Å². The molecule has 7 heteroatoms. The quantitative estimate of drug-likeness (QED) is 0.345. The highest BCUT2D eigenvalue weighted by molar-refractivity contribution is 7.13. The highest BCUT2D eigenvalue weighted by Crippen LogP contribution is 2.26. The van der Waals surface area contributed by atoms with E-state index in [4.69, 9.17) is 26.3 Å². The summed E-state index contributed by atoms with van der Waals surface area (Å²) in [7, 11) is 1.50. The number of carbonyl (C=O) groups is 1. The molecular weight excluding hydrogens is 336 g/mol. The summed E-state index contributed by atoms with van der Waals surface area (Å²) in [6, 6.07) is 9.11. The van der Waals surface area contributed by atoms with E-state index in [1.165, 1.54) is 24.5 Å². The van der Waals surface area contributed by atoms with Gasteiger partial charge in [-0.15, -0.1) is 11.3 Å². The number of methoxy groups -OCH3 is 1. The minimum atomic E-state index is -0.689. The Labute approximate surface area is 142 Å². The monoisotopic (exact) mass is 348 g/mol. The van der Waals surface area contributed by atoms with E-state index >= 15 is 0 Å². The molecule has 0 spiro atoms. The van der Waals surface area contributed by atoms with Gasteiger partial charge in [0.15, 0.2) is 0 Å². The van der Waals surface area contributed by atoms with Gasteiger partial charge in [-0.1, -0.05) is 23.7 Å². The molecule has 2 aromatic rings. The number of ether oxygens (including phenoxy) is 2. The Bertz CT molecular complexity index is 747. The number of halogens is 1. The van der Waals surface area contributed by atoms with Crippen LogP contribution in [-0.2, 0) is 14.3 Å². The molecule has 0 aliphatic rings. The van der Waals surface area contributed by atoms with Crippen molar-refractivity contribution in [2.24, 2.45) is 0 Å². The summed E-state index contributed by atoms with van der Waals surface area (Å²) in [5, 5.41) is 12.3. The molecule has 0 aliphatic heterocycles. The second-order valence-corrected chi connectivity index (χ2v) is 5.68. The number of esters is 1. The fourth-order valence-electron chi connectivity index (χ4n) is 1.66. The normalized spacial score (nSPS) is 11.1. The van der Waals surface area contributed by atoms with E-state index in [-0.39, 0.29) is 18.8 Å². The van der Waals surface area contributed by atoms with E-state index < -0.39 is 5.97 Å². The van der Waals surface area contributed by atoms with Gasteiger partial charge in [-0.05, 0) is 18.2 Å². The van der Waals surface area contributed by atoms with Gasteiger partial charge < -0.3 is 9.47 Å². The summed E-state index contributed by atoms with van der Waals surface area (Å²) in [5.74, 6) is -0.689. The number of hydrogen-bond acceptors (Lipinski definition) is 6. The average Bonchev–Trinajstić information content (AvgIpc) is 3.02. The predicted octanol–water partition coefficient (Wildman–Crippen LogP) is 3.56. The van der Waals surface area contributed by atoms with Gasteiger partial charge in [0.2, 0.25) is 0 Å². The van der Waals surface area contributed by atoms with Gasteiger partial charge >= 0.3 is 5.97 Å². The number of nitrogens with zero attached hydrogens (tertiary/aromatic N) is 2. The zero-order valence-corrected chi connectivity index (χ0v) is 13.9. The number of benzene rings is 1. The Morgan fingerprint density at radius 3 is 2.78 bits per heavy atom. The number of aromatic nitrogens is 1. The van der Waals surface area contributed by atoms with Crippen LogP contribution in [0.5, 0.6) is 0 Å². The van der Waals surface area contributed by atoms with Crippen molar-refractivity contribution in [2.45, 2.75) is 0 Å². The van der Waals surface area contributed by atoms with Crippen LogP contribution in [0.15, 0.2) is 35.2 Å². The minimum absolute atomic E-state index is 0.0987. The zero-order valence-electron chi connectivity index (χ0n) is 12.3. The van der Waals surface area contributed by atoms with Crippen LogP contribution in [0.3, 0.4) is 0 Å². The van der Waals surface area contributed by atoms with Crippen LogP contribution in [0, 0.1) is 11.3 Å². The molecule has 23 heavy (non-hydrogen) atoms. The lowest BCUT2D eigenvalue weighted by atomic mass is 10.2. The topological polar surface area (TPSA) is 72.2 Å². The highest BCUT2D eigenvalue weighted by Gasteiger charge is 2.12. The first-order chi connectivity index (χ1) is 11.1. The lowest BCUT2D eigenvalue weighted by Crippen LogP contribution is -2.11. The molecule has 0 saturated heterocycles. The first-order valence-corrected chi connectivity index (χ1v) is 7.89. The maximum Gasteiger partial charge on any atom is 0.349 e. The summed E-state index contributed by atoms with van der Waals surface area (Å²) in [5.41, 5.74) is 1.34. The fraction of sp³-hybridized carbons (Fsp3) is 0.188. The van der Waals surface area contributed by atoms with Crippen molar-refractivity contribution in [1.29, 1.82) is 5.26 Å². The molecule has 0 atom stereocenters.